The molecule has 3 aromatic rings. The number of halogens is 3. The number of nitrogens with one attached hydrogen (secondary N) is 2. The normalized spacial score (nSPS) is 17.7. The van der Waals surface area contributed by atoms with Gasteiger partial charge in [0.1, 0.15) is 17.2 Å². The van der Waals surface area contributed by atoms with Crippen molar-refractivity contribution in [2.45, 2.75) is 6.10 Å². The highest BCUT2D eigenvalue weighted by Crippen LogP contribution is 2.25. The van der Waals surface area contributed by atoms with Crippen LogP contribution in [0.3, 0.4) is 0 Å². The number of hydrogen-bond acceptors (Lipinski definition) is 3. The maximum Gasteiger partial charge on any atom is 0.153 e. The number of ether oxygens (including phenoxy) is 1. The van der Waals surface area contributed by atoms with Crippen LogP contribution in [-0.2, 0) is 4.74 Å². The van der Waals surface area contributed by atoms with Crippen LogP contribution < -0.4 is 5.32 Å². The van der Waals surface area contributed by atoms with E-state index in [0.717, 1.165) is 30.3 Å². The van der Waals surface area contributed by atoms with Crippen LogP contribution in [0.1, 0.15) is 11.7 Å². The van der Waals surface area contributed by atoms with Gasteiger partial charge in [-0.15, -0.1) is 12.4 Å². The van der Waals surface area contributed by atoms with E-state index in [2.05, 4.69) is 15.3 Å². The van der Waals surface area contributed by atoms with Crippen LogP contribution in [0.25, 0.3) is 22.4 Å². The van der Waals surface area contributed by atoms with Crippen molar-refractivity contribution in [1.29, 1.82) is 0 Å². The van der Waals surface area contributed by atoms with E-state index in [4.69, 9.17) is 4.74 Å². The number of H-pyrrole nitrogens is 1. The Hall–Kier alpha value is -2.02. The summed E-state index contributed by atoms with van der Waals surface area (Å²) in [7, 11) is 0. The van der Waals surface area contributed by atoms with Gasteiger partial charge in [0.25, 0.3) is 0 Å². The molecule has 1 aromatic heterocycles. The molecule has 0 aliphatic carbocycles. The minimum atomic E-state index is -0.666. The van der Waals surface area contributed by atoms with E-state index >= 15 is 0 Å². The molecular weight excluding hydrogens is 336 g/mol. The Morgan fingerprint density at radius 3 is 2.62 bits per heavy atom. The lowest BCUT2D eigenvalue weighted by molar-refractivity contribution is 0.0277. The summed E-state index contributed by atoms with van der Waals surface area (Å²) in [5.41, 5.74) is 2.38. The SMILES string of the molecule is Cl.Fc1cc(F)c2nc(-c3ccc(C4CNCCO4)cc3)[nH]c2c1. The first kappa shape index (κ1) is 16.8. The molecule has 0 bridgehead atoms. The number of fused-ring (bicyclic) bond motifs is 1. The van der Waals surface area contributed by atoms with Gasteiger partial charge < -0.3 is 15.0 Å². The first-order chi connectivity index (χ1) is 11.2. The fourth-order valence-electron chi connectivity index (χ4n) is 2.81. The van der Waals surface area contributed by atoms with Crippen molar-refractivity contribution in [3.05, 3.63) is 53.6 Å². The Morgan fingerprint density at radius 1 is 1.12 bits per heavy atom. The molecule has 7 heteroatoms. The van der Waals surface area contributed by atoms with Crippen LogP contribution in [-0.4, -0.2) is 29.7 Å². The van der Waals surface area contributed by atoms with Gasteiger partial charge in [0.05, 0.1) is 18.2 Å². The number of hydrogen-bond donors (Lipinski definition) is 2. The second kappa shape index (κ2) is 6.84. The molecule has 1 saturated heterocycles. The average Bonchev–Trinajstić information content (AvgIpc) is 3.00. The Bertz CT molecular complexity index is 845. The summed E-state index contributed by atoms with van der Waals surface area (Å²) in [6.45, 7) is 2.35. The fraction of sp³-hybridized carbons (Fsp3) is 0.235. The zero-order valence-corrected chi connectivity index (χ0v) is 13.5. The quantitative estimate of drug-likeness (QED) is 0.742. The summed E-state index contributed by atoms with van der Waals surface area (Å²) >= 11 is 0. The van der Waals surface area contributed by atoms with E-state index in [0.29, 0.717) is 17.9 Å². The smallest absolute Gasteiger partial charge is 0.153 e. The molecule has 0 radical (unpaired) electrons. The number of nitrogens with zero attached hydrogens (tertiary/aromatic N) is 1. The van der Waals surface area contributed by atoms with Crippen molar-refractivity contribution >= 4 is 23.4 Å². The predicted octanol–water partition coefficient (Wildman–Crippen LogP) is 3.59. The number of aromatic nitrogens is 2. The molecule has 1 aliphatic heterocycles. The summed E-state index contributed by atoms with van der Waals surface area (Å²) in [4.78, 5) is 7.18. The van der Waals surface area contributed by atoms with Gasteiger partial charge in [-0.25, -0.2) is 13.8 Å². The molecule has 2 aromatic carbocycles. The van der Waals surface area contributed by atoms with Crippen molar-refractivity contribution in [2.75, 3.05) is 19.7 Å². The molecular formula is C17H16ClF2N3O. The standard InChI is InChI=1S/C17H15F2N3O.ClH/c18-12-7-13(19)16-14(8-12)21-17(22-16)11-3-1-10(2-4-11)15-9-20-5-6-23-15;/h1-4,7-8,15,20H,5-6,9H2,(H,21,22);1H. The summed E-state index contributed by atoms with van der Waals surface area (Å²) in [6.07, 6.45) is 0.0417. The molecule has 4 nitrogen and oxygen atoms in total. The van der Waals surface area contributed by atoms with Crippen LogP contribution in [0.5, 0.6) is 0 Å². The molecule has 1 unspecified atom stereocenters. The number of morpholine rings is 1. The van der Waals surface area contributed by atoms with E-state index in [9.17, 15) is 8.78 Å². The van der Waals surface area contributed by atoms with Crippen molar-refractivity contribution in [3.8, 4) is 11.4 Å². The molecule has 1 atom stereocenters. The summed E-state index contributed by atoms with van der Waals surface area (Å²) in [5, 5.41) is 3.29. The first-order valence-electron chi connectivity index (χ1n) is 7.48. The second-order valence-corrected chi connectivity index (χ2v) is 5.55. The third-order valence-electron chi connectivity index (χ3n) is 3.99. The lowest BCUT2D eigenvalue weighted by atomic mass is 10.1. The summed E-state index contributed by atoms with van der Waals surface area (Å²) in [5.74, 6) is -0.776. The van der Waals surface area contributed by atoms with Crippen molar-refractivity contribution in [2.24, 2.45) is 0 Å². The van der Waals surface area contributed by atoms with Gasteiger partial charge in [0, 0.05) is 24.7 Å². The monoisotopic (exact) mass is 351 g/mol. The highest BCUT2D eigenvalue weighted by molar-refractivity contribution is 5.85. The predicted molar refractivity (Wildman–Crippen MR) is 90.3 cm³/mol. The molecule has 1 fully saturated rings. The van der Waals surface area contributed by atoms with Gasteiger partial charge in [0.2, 0.25) is 0 Å². The van der Waals surface area contributed by atoms with Crippen LogP contribution >= 0.6 is 12.4 Å². The van der Waals surface area contributed by atoms with Gasteiger partial charge in [-0.2, -0.15) is 0 Å². The molecule has 0 spiro atoms. The van der Waals surface area contributed by atoms with Crippen LogP contribution in [0.15, 0.2) is 36.4 Å². The highest BCUT2D eigenvalue weighted by Gasteiger charge is 2.16. The zero-order chi connectivity index (χ0) is 15.8. The van der Waals surface area contributed by atoms with E-state index in [1.54, 1.807) is 0 Å². The average molecular weight is 352 g/mol. The van der Waals surface area contributed by atoms with Crippen molar-refractivity contribution in [1.82, 2.24) is 15.3 Å². The summed E-state index contributed by atoms with van der Waals surface area (Å²) < 4.78 is 32.7. The topological polar surface area (TPSA) is 49.9 Å². The molecule has 24 heavy (non-hydrogen) atoms. The molecule has 0 amide bonds. The zero-order valence-electron chi connectivity index (χ0n) is 12.7. The lowest BCUT2D eigenvalue weighted by Gasteiger charge is -2.24. The van der Waals surface area contributed by atoms with Crippen molar-refractivity contribution in [3.63, 3.8) is 0 Å². The maximum atomic E-state index is 13.7. The minimum Gasteiger partial charge on any atom is -0.371 e. The molecule has 126 valence electrons. The number of rotatable bonds is 2. The lowest BCUT2D eigenvalue weighted by Crippen LogP contribution is -2.33. The largest absolute Gasteiger partial charge is 0.371 e. The fourth-order valence-corrected chi connectivity index (χ4v) is 2.81. The number of imidazole rings is 1. The van der Waals surface area contributed by atoms with E-state index in [1.165, 1.54) is 6.07 Å². The van der Waals surface area contributed by atoms with Crippen LogP contribution in [0.2, 0.25) is 0 Å². The van der Waals surface area contributed by atoms with Gasteiger partial charge in [-0.05, 0) is 11.6 Å². The second-order valence-electron chi connectivity index (χ2n) is 5.55. The Labute approximate surface area is 143 Å². The Morgan fingerprint density at radius 2 is 1.92 bits per heavy atom. The van der Waals surface area contributed by atoms with E-state index in [1.807, 2.05) is 24.3 Å². The third-order valence-corrected chi connectivity index (χ3v) is 3.99. The molecule has 4 rings (SSSR count). The van der Waals surface area contributed by atoms with Crippen molar-refractivity contribution < 1.29 is 13.5 Å². The van der Waals surface area contributed by atoms with Gasteiger partial charge in [-0.3, -0.25) is 0 Å². The van der Waals surface area contributed by atoms with E-state index < -0.39 is 11.6 Å². The third kappa shape index (κ3) is 3.13. The Kier molecular flexibility index (Phi) is 4.80. The first-order valence-corrected chi connectivity index (χ1v) is 7.48. The molecule has 0 saturated carbocycles. The van der Waals surface area contributed by atoms with Gasteiger partial charge in [-0.1, -0.05) is 24.3 Å². The maximum absolute atomic E-state index is 13.7. The summed E-state index contributed by atoms with van der Waals surface area (Å²) in [6, 6.07) is 9.82. The Balaban J connectivity index is 0.00000169. The van der Waals surface area contributed by atoms with Gasteiger partial charge in [0.15, 0.2) is 5.82 Å². The van der Waals surface area contributed by atoms with Crippen LogP contribution in [0, 0.1) is 11.6 Å². The number of benzene rings is 2. The highest BCUT2D eigenvalue weighted by atomic mass is 35.5. The number of aromatic amines is 1. The molecule has 2 heterocycles. The van der Waals surface area contributed by atoms with Crippen LogP contribution in [0.4, 0.5) is 8.78 Å². The van der Waals surface area contributed by atoms with Gasteiger partial charge >= 0.3 is 0 Å². The minimum absolute atomic E-state index is 0. The van der Waals surface area contributed by atoms with E-state index in [-0.39, 0.29) is 24.0 Å². The molecule has 2 N–H and O–H groups in total. The molecule has 1 aliphatic rings.